The van der Waals surface area contributed by atoms with Gasteiger partial charge in [0.2, 0.25) is 5.95 Å². The number of nitrogens with zero attached hydrogens (tertiary/aromatic N) is 3. The molecular formula is C14H19N5O7. The van der Waals surface area contributed by atoms with Gasteiger partial charge in [-0.2, -0.15) is 4.98 Å². The lowest BCUT2D eigenvalue weighted by Crippen LogP contribution is -2.31. The molecule has 142 valence electrons. The number of nitrogens with one attached hydrogen (secondary N) is 1. The van der Waals surface area contributed by atoms with Crippen LogP contribution in [0.25, 0.3) is 11.2 Å². The summed E-state index contributed by atoms with van der Waals surface area (Å²) in [5.41, 5.74) is 5.12. The minimum atomic E-state index is -0.995. The lowest BCUT2D eigenvalue weighted by molar-refractivity contribution is -0.162. The van der Waals surface area contributed by atoms with Gasteiger partial charge in [-0.15, -0.1) is 0 Å². The number of hydrogen-bond acceptors (Lipinski definition) is 10. The Kier molecular flexibility index (Phi) is 6.25. The first-order valence-corrected chi connectivity index (χ1v) is 7.57. The molecule has 0 saturated heterocycles. The molecule has 0 aliphatic carbocycles. The van der Waals surface area contributed by atoms with Crippen LogP contribution in [0, 0.1) is 0 Å². The Hall–Kier alpha value is -2.99. The average Bonchev–Trinajstić information content (AvgIpc) is 2.98. The number of carbonyl (C=O) groups excluding carboxylic acids is 2. The Bertz CT molecular complexity index is 846. The Morgan fingerprint density at radius 3 is 2.58 bits per heavy atom. The van der Waals surface area contributed by atoms with Crippen molar-refractivity contribution in [1.82, 2.24) is 19.5 Å². The number of aromatic amines is 1. The molecular weight excluding hydrogens is 350 g/mol. The lowest BCUT2D eigenvalue weighted by atomic mass is 10.4. The van der Waals surface area contributed by atoms with Crippen LogP contribution in [0.4, 0.5) is 5.95 Å². The van der Waals surface area contributed by atoms with Gasteiger partial charge in [0.1, 0.15) is 19.3 Å². The fourth-order valence-electron chi connectivity index (χ4n) is 2.10. The third kappa shape index (κ3) is 4.77. The van der Waals surface area contributed by atoms with Crippen LogP contribution in [0.5, 0.6) is 0 Å². The maximum Gasteiger partial charge on any atom is 0.302 e. The van der Waals surface area contributed by atoms with Gasteiger partial charge >= 0.3 is 11.9 Å². The number of rotatable bonds is 8. The first-order valence-electron chi connectivity index (χ1n) is 7.57. The van der Waals surface area contributed by atoms with Gasteiger partial charge in [0, 0.05) is 13.8 Å². The van der Waals surface area contributed by atoms with E-state index in [4.69, 9.17) is 19.9 Å². The lowest BCUT2D eigenvalue weighted by Gasteiger charge is -2.24. The topological polar surface area (TPSA) is 172 Å². The molecule has 0 aliphatic rings. The second-order valence-electron chi connectivity index (χ2n) is 5.28. The molecule has 0 fully saturated rings. The standard InChI is InChI=1S/C14H19N5O7/c1-7(21)24-4-9(3-20)26-10(5-25-8(2)22)19-6-16-11-12(19)17-14(15)18-13(11)23/h6,9-10,20H,3-5H2,1-2H3,(H3,15,17,18,23)/t9-,10-/m1/s1. The SMILES string of the molecule is CC(=O)OC[C@@H](CO)O[C@H](COC(C)=O)n1cnc2c(=O)[nH]c(N)nc21. The second-order valence-corrected chi connectivity index (χ2v) is 5.28. The first-order chi connectivity index (χ1) is 12.3. The average molecular weight is 369 g/mol. The molecule has 0 saturated carbocycles. The van der Waals surface area contributed by atoms with Gasteiger partial charge in [-0.3, -0.25) is 23.9 Å². The number of ether oxygens (including phenoxy) is 3. The molecule has 2 heterocycles. The van der Waals surface area contributed by atoms with Gasteiger partial charge in [-0.1, -0.05) is 0 Å². The number of imidazole rings is 1. The van der Waals surface area contributed by atoms with Crippen molar-refractivity contribution >= 4 is 29.1 Å². The molecule has 2 aromatic heterocycles. The molecule has 0 aliphatic heterocycles. The molecule has 0 aromatic carbocycles. The monoisotopic (exact) mass is 369 g/mol. The Labute approximate surface area is 146 Å². The van der Waals surface area contributed by atoms with E-state index in [9.17, 15) is 19.5 Å². The molecule has 0 radical (unpaired) electrons. The summed E-state index contributed by atoms with van der Waals surface area (Å²) in [6.45, 7) is 1.49. The van der Waals surface area contributed by atoms with E-state index in [0.29, 0.717) is 0 Å². The number of aliphatic hydroxyl groups is 1. The number of nitrogens with two attached hydrogens (primary N) is 1. The number of esters is 2. The number of aliphatic hydroxyl groups excluding tert-OH is 1. The predicted molar refractivity (Wildman–Crippen MR) is 86.8 cm³/mol. The molecule has 26 heavy (non-hydrogen) atoms. The van der Waals surface area contributed by atoms with Gasteiger partial charge in [0.25, 0.3) is 5.56 Å². The summed E-state index contributed by atoms with van der Waals surface area (Å²) in [7, 11) is 0. The van der Waals surface area contributed by atoms with Crippen LogP contribution in [0.2, 0.25) is 0 Å². The Morgan fingerprint density at radius 1 is 1.31 bits per heavy atom. The fraction of sp³-hybridized carbons (Fsp3) is 0.500. The Morgan fingerprint density at radius 2 is 1.96 bits per heavy atom. The molecule has 12 heteroatoms. The third-order valence-corrected chi connectivity index (χ3v) is 3.22. The highest BCUT2D eigenvalue weighted by molar-refractivity contribution is 5.70. The molecule has 4 N–H and O–H groups in total. The summed E-state index contributed by atoms with van der Waals surface area (Å²) in [5.74, 6) is -1.24. The minimum absolute atomic E-state index is 0.0103. The quantitative estimate of drug-likeness (QED) is 0.475. The van der Waals surface area contributed by atoms with Crippen LogP contribution in [-0.2, 0) is 23.8 Å². The summed E-state index contributed by atoms with van der Waals surface area (Å²) in [5, 5.41) is 9.42. The third-order valence-electron chi connectivity index (χ3n) is 3.22. The maximum atomic E-state index is 11.9. The van der Waals surface area contributed by atoms with Gasteiger partial charge in [0.15, 0.2) is 17.4 Å². The van der Waals surface area contributed by atoms with Crippen molar-refractivity contribution in [3.05, 3.63) is 16.7 Å². The summed E-state index contributed by atoms with van der Waals surface area (Å²) in [6.07, 6.45) is -0.637. The zero-order valence-electron chi connectivity index (χ0n) is 14.2. The Balaban J connectivity index is 2.33. The van der Waals surface area contributed by atoms with Crippen molar-refractivity contribution < 1.29 is 28.9 Å². The van der Waals surface area contributed by atoms with Crippen LogP contribution >= 0.6 is 0 Å². The van der Waals surface area contributed by atoms with E-state index in [0.717, 1.165) is 0 Å². The smallest absolute Gasteiger partial charge is 0.302 e. The number of H-pyrrole nitrogens is 1. The van der Waals surface area contributed by atoms with Crippen LogP contribution in [-0.4, -0.2) is 62.5 Å². The van der Waals surface area contributed by atoms with Gasteiger partial charge < -0.3 is 25.1 Å². The first kappa shape index (κ1) is 19.3. The number of hydrogen-bond donors (Lipinski definition) is 3. The molecule has 0 unspecified atom stereocenters. The minimum Gasteiger partial charge on any atom is -0.463 e. The normalized spacial score (nSPS) is 13.3. The van der Waals surface area contributed by atoms with Gasteiger partial charge in [0.05, 0.1) is 12.9 Å². The van der Waals surface area contributed by atoms with E-state index in [1.165, 1.54) is 24.7 Å². The van der Waals surface area contributed by atoms with Crippen molar-refractivity contribution in [3.63, 3.8) is 0 Å². The number of carbonyl (C=O) groups is 2. The number of anilines is 1. The molecule has 0 amide bonds. The van der Waals surface area contributed by atoms with Gasteiger partial charge in [-0.25, -0.2) is 4.98 Å². The van der Waals surface area contributed by atoms with Crippen LogP contribution in [0.15, 0.2) is 11.1 Å². The van der Waals surface area contributed by atoms with Crippen molar-refractivity contribution in [2.24, 2.45) is 0 Å². The van der Waals surface area contributed by atoms with Crippen molar-refractivity contribution in [2.75, 3.05) is 25.6 Å². The van der Waals surface area contributed by atoms with E-state index in [1.54, 1.807) is 0 Å². The van der Waals surface area contributed by atoms with E-state index < -0.39 is 36.4 Å². The highest BCUT2D eigenvalue weighted by atomic mass is 16.6. The van der Waals surface area contributed by atoms with Crippen LogP contribution in [0.1, 0.15) is 20.1 Å². The predicted octanol–water partition coefficient (Wildman–Crippen LogP) is -1.30. The van der Waals surface area contributed by atoms with E-state index in [-0.39, 0.29) is 30.3 Å². The number of aromatic nitrogens is 4. The maximum absolute atomic E-state index is 11.9. The molecule has 0 bridgehead atoms. The molecule has 2 rings (SSSR count). The fourth-order valence-corrected chi connectivity index (χ4v) is 2.10. The molecule has 0 spiro atoms. The number of fused-ring (bicyclic) bond motifs is 1. The summed E-state index contributed by atoms with van der Waals surface area (Å²) in [6, 6.07) is 0. The highest BCUT2D eigenvalue weighted by Crippen LogP contribution is 2.18. The molecule has 2 atom stereocenters. The summed E-state index contributed by atoms with van der Waals surface area (Å²) >= 11 is 0. The highest BCUT2D eigenvalue weighted by Gasteiger charge is 2.23. The van der Waals surface area contributed by atoms with Crippen molar-refractivity contribution in [2.45, 2.75) is 26.2 Å². The molecule has 2 aromatic rings. The second kappa shape index (κ2) is 8.40. The van der Waals surface area contributed by atoms with Crippen LogP contribution in [0.3, 0.4) is 0 Å². The summed E-state index contributed by atoms with van der Waals surface area (Å²) < 4.78 is 16.8. The largest absolute Gasteiger partial charge is 0.463 e. The number of nitrogen functional groups attached to an aromatic ring is 1. The zero-order valence-corrected chi connectivity index (χ0v) is 14.2. The van der Waals surface area contributed by atoms with E-state index in [1.807, 2.05) is 0 Å². The van der Waals surface area contributed by atoms with Crippen LogP contribution < -0.4 is 11.3 Å². The van der Waals surface area contributed by atoms with Crippen molar-refractivity contribution in [1.29, 1.82) is 0 Å². The van der Waals surface area contributed by atoms with Crippen molar-refractivity contribution in [3.8, 4) is 0 Å². The summed E-state index contributed by atoms with van der Waals surface area (Å²) in [4.78, 5) is 44.2. The molecule has 12 nitrogen and oxygen atoms in total. The zero-order chi connectivity index (χ0) is 19.3. The van der Waals surface area contributed by atoms with Gasteiger partial charge in [-0.05, 0) is 0 Å². The van der Waals surface area contributed by atoms with E-state index >= 15 is 0 Å². The van der Waals surface area contributed by atoms with E-state index in [2.05, 4.69) is 15.0 Å².